The predicted octanol–water partition coefficient (Wildman–Crippen LogP) is 6.23. The Morgan fingerprint density at radius 3 is 2.28 bits per heavy atom. The van der Waals surface area contributed by atoms with Gasteiger partial charge in [0, 0.05) is 20.3 Å². The molecule has 0 N–H and O–H groups in total. The van der Waals surface area contributed by atoms with Crippen molar-refractivity contribution in [2.75, 3.05) is 20.8 Å². The Labute approximate surface area is 178 Å². The largest absolute Gasteiger partial charge is 0.463 e. The third kappa shape index (κ3) is 7.40. The molecule has 4 unspecified atom stereocenters. The SMILES string of the molecule is C=CC(=O)OCCCCCCCCCCC1(OC)CCC(OC)C2CCCCC21. The molecule has 0 bridgehead atoms. The van der Waals surface area contributed by atoms with Gasteiger partial charge < -0.3 is 14.2 Å². The fourth-order valence-electron chi connectivity index (χ4n) is 5.82. The average molecular weight is 409 g/mol. The fraction of sp³-hybridized carbons (Fsp3) is 0.880. The molecule has 2 aliphatic rings. The normalized spacial score (nSPS) is 29.2. The minimum absolute atomic E-state index is 0.100. The van der Waals surface area contributed by atoms with Gasteiger partial charge in [0.25, 0.3) is 0 Å². The molecule has 4 heteroatoms. The number of rotatable bonds is 14. The van der Waals surface area contributed by atoms with E-state index in [0.717, 1.165) is 19.3 Å². The van der Waals surface area contributed by atoms with Crippen molar-refractivity contribution in [2.45, 2.75) is 108 Å². The van der Waals surface area contributed by atoms with E-state index in [1.54, 1.807) is 0 Å². The van der Waals surface area contributed by atoms with Gasteiger partial charge in [0.1, 0.15) is 0 Å². The molecule has 29 heavy (non-hydrogen) atoms. The van der Waals surface area contributed by atoms with Crippen molar-refractivity contribution >= 4 is 5.97 Å². The molecular formula is C25H44O4. The Morgan fingerprint density at radius 2 is 1.62 bits per heavy atom. The molecule has 0 heterocycles. The summed E-state index contributed by atoms with van der Waals surface area (Å²) in [6.07, 6.45) is 20.4. The number of carbonyl (C=O) groups excluding carboxylic acids is 1. The molecule has 0 aliphatic heterocycles. The van der Waals surface area contributed by atoms with E-state index in [1.807, 2.05) is 14.2 Å². The van der Waals surface area contributed by atoms with E-state index < -0.39 is 0 Å². The van der Waals surface area contributed by atoms with Gasteiger partial charge in [-0.05, 0) is 50.4 Å². The van der Waals surface area contributed by atoms with Crippen LogP contribution in [0.25, 0.3) is 0 Å². The van der Waals surface area contributed by atoms with Crippen LogP contribution in [0, 0.1) is 11.8 Å². The molecule has 2 rings (SSSR count). The highest BCUT2D eigenvalue weighted by Crippen LogP contribution is 2.50. The summed E-state index contributed by atoms with van der Waals surface area (Å²) in [5, 5.41) is 0. The maximum absolute atomic E-state index is 11.0. The maximum atomic E-state index is 11.0. The Bertz CT molecular complexity index is 477. The van der Waals surface area contributed by atoms with E-state index in [1.165, 1.54) is 83.1 Å². The number of unbranched alkanes of at least 4 members (excludes halogenated alkanes) is 7. The van der Waals surface area contributed by atoms with Gasteiger partial charge in [0.15, 0.2) is 0 Å². The first-order valence-electron chi connectivity index (χ1n) is 12.0. The van der Waals surface area contributed by atoms with E-state index in [9.17, 15) is 4.79 Å². The molecule has 0 spiro atoms. The Balaban J connectivity index is 1.59. The van der Waals surface area contributed by atoms with Crippen LogP contribution in [-0.2, 0) is 19.0 Å². The van der Waals surface area contributed by atoms with Gasteiger partial charge in [-0.15, -0.1) is 0 Å². The summed E-state index contributed by atoms with van der Waals surface area (Å²) in [5.41, 5.74) is 0.100. The zero-order chi connectivity index (χ0) is 21.0. The van der Waals surface area contributed by atoms with Gasteiger partial charge >= 0.3 is 5.97 Å². The van der Waals surface area contributed by atoms with Crippen LogP contribution in [0.1, 0.15) is 96.3 Å². The molecule has 0 radical (unpaired) electrons. The van der Waals surface area contributed by atoms with E-state index >= 15 is 0 Å². The Morgan fingerprint density at radius 1 is 0.966 bits per heavy atom. The second-order valence-electron chi connectivity index (χ2n) is 9.09. The van der Waals surface area contributed by atoms with Gasteiger partial charge in [-0.25, -0.2) is 4.79 Å². The molecule has 2 saturated carbocycles. The predicted molar refractivity (Wildman–Crippen MR) is 118 cm³/mol. The summed E-state index contributed by atoms with van der Waals surface area (Å²) in [5.74, 6) is 1.08. The third-order valence-corrected chi connectivity index (χ3v) is 7.44. The summed E-state index contributed by atoms with van der Waals surface area (Å²) in [6, 6.07) is 0. The zero-order valence-corrected chi connectivity index (χ0v) is 19.0. The van der Waals surface area contributed by atoms with Crippen LogP contribution in [0.5, 0.6) is 0 Å². The third-order valence-electron chi connectivity index (χ3n) is 7.44. The first kappa shape index (κ1) is 24.4. The van der Waals surface area contributed by atoms with E-state index in [2.05, 4.69) is 6.58 Å². The standard InChI is InChI=1S/C25H44O4/c1-4-24(26)29-20-14-10-8-6-5-7-9-13-18-25(28-3)19-17-23(27-2)21-15-11-12-16-22(21)25/h4,21-23H,1,5-20H2,2-3H3. The topological polar surface area (TPSA) is 44.8 Å². The molecule has 4 nitrogen and oxygen atoms in total. The number of hydrogen-bond acceptors (Lipinski definition) is 4. The lowest BCUT2D eigenvalue weighted by Crippen LogP contribution is -2.53. The summed E-state index contributed by atoms with van der Waals surface area (Å²) in [4.78, 5) is 11.0. The summed E-state index contributed by atoms with van der Waals surface area (Å²) in [6.45, 7) is 3.93. The maximum Gasteiger partial charge on any atom is 0.330 e. The van der Waals surface area contributed by atoms with Gasteiger partial charge in [0.05, 0.1) is 18.3 Å². The van der Waals surface area contributed by atoms with Crippen LogP contribution in [0.3, 0.4) is 0 Å². The first-order valence-corrected chi connectivity index (χ1v) is 12.0. The smallest absolute Gasteiger partial charge is 0.330 e. The lowest BCUT2D eigenvalue weighted by Gasteiger charge is -2.52. The van der Waals surface area contributed by atoms with Crippen molar-refractivity contribution in [3.05, 3.63) is 12.7 Å². The van der Waals surface area contributed by atoms with Crippen LogP contribution in [0.15, 0.2) is 12.7 Å². The molecule has 0 saturated heterocycles. The average Bonchev–Trinajstić information content (AvgIpc) is 2.77. The highest BCUT2D eigenvalue weighted by atomic mass is 16.5. The quantitative estimate of drug-likeness (QED) is 0.194. The zero-order valence-electron chi connectivity index (χ0n) is 19.0. The Kier molecular flexibility index (Phi) is 11.3. The van der Waals surface area contributed by atoms with Crippen molar-refractivity contribution in [3.8, 4) is 0 Å². The number of hydrogen-bond donors (Lipinski definition) is 0. The van der Waals surface area contributed by atoms with Crippen molar-refractivity contribution < 1.29 is 19.0 Å². The highest BCUT2D eigenvalue weighted by molar-refractivity contribution is 5.81. The van der Waals surface area contributed by atoms with Crippen LogP contribution < -0.4 is 0 Å². The monoisotopic (exact) mass is 408 g/mol. The number of esters is 1. The number of carbonyl (C=O) groups is 1. The van der Waals surface area contributed by atoms with E-state index in [0.29, 0.717) is 24.5 Å². The van der Waals surface area contributed by atoms with E-state index in [4.69, 9.17) is 14.2 Å². The molecule has 0 amide bonds. The molecule has 0 aromatic carbocycles. The minimum Gasteiger partial charge on any atom is -0.463 e. The van der Waals surface area contributed by atoms with E-state index in [-0.39, 0.29) is 11.6 Å². The van der Waals surface area contributed by atoms with Gasteiger partial charge in [-0.2, -0.15) is 0 Å². The molecular weight excluding hydrogens is 364 g/mol. The molecule has 2 aliphatic carbocycles. The van der Waals surface area contributed by atoms with Gasteiger partial charge in [0.2, 0.25) is 0 Å². The van der Waals surface area contributed by atoms with Gasteiger partial charge in [-0.1, -0.05) is 64.4 Å². The van der Waals surface area contributed by atoms with Crippen molar-refractivity contribution in [1.82, 2.24) is 0 Å². The lowest BCUT2D eigenvalue weighted by molar-refractivity contribution is -0.159. The molecule has 168 valence electrons. The van der Waals surface area contributed by atoms with Gasteiger partial charge in [-0.3, -0.25) is 0 Å². The van der Waals surface area contributed by atoms with Crippen molar-refractivity contribution in [1.29, 1.82) is 0 Å². The minimum atomic E-state index is -0.311. The summed E-state index contributed by atoms with van der Waals surface area (Å²) >= 11 is 0. The highest BCUT2D eigenvalue weighted by Gasteiger charge is 2.49. The first-order chi connectivity index (χ1) is 14.2. The second kappa shape index (κ2) is 13.4. The van der Waals surface area contributed by atoms with Crippen LogP contribution in [0.2, 0.25) is 0 Å². The molecule has 0 aromatic rings. The second-order valence-corrected chi connectivity index (χ2v) is 9.09. The Hall–Kier alpha value is -0.870. The lowest BCUT2D eigenvalue weighted by atomic mass is 9.60. The number of ether oxygens (including phenoxy) is 3. The van der Waals surface area contributed by atoms with Crippen molar-refractivity contribution in [3.63, 3.8) is 0 Å². The van der Waals surface area contributed by atoms with Crippen LogP contribution >= 0.6 is 0 Å². The molecule has 2 fully saturated rings. The van der Waals surface area contributed by atoms with Crippen LogP contribution in [0.4, 0.5) is 0 Å². The molecule has 0 aromatic heterocycles. The summed E-state index contributed by atoms with van der Waals surface area (Å²) < 4.78 is 17.1. The number of fused-ring (bicyclic) bond motifs is 1. The van der Waals surface area contributed by atoms with Crippen LogP contribution in [-0.4, -0.2) is 38.5 Å². The fourth-order valence-corrected chi connectivity index (χ4v) is 5.82. The van der Waals surface area contributed by atoms with Crippen molar-refractivity contribution in [2.24, 2.45) is 11.8 Å². The number of methoxy groups -OCH3 is 2. The molecule has 4 atom stereocenters. The summed E-state index contributed by atoms with van der Waals surface area (Å²) in [7, 11) is 3.84.